The van der Waals surface area contributed by atoms with Gasteiger partial charge in [-0.25, -0.2) is 0 Å². The minimum absolute atomic E-state index is 0.257. The first-order valence-corrected chi connectivity index (χ1v) is 31.5. The van der Waals surface area contributed by atoms with E-state index in [0.717, 1.165) is 77.0 Å². The van der Waals surface area contributed by atoms with E-state index in [4.69, 9.17) is 18.9 Å². The number of aliphatic hydroxyl groups excluding tert-OH is 8. The van der Waals surface area contributed by atoms with Crippen LogP contribution in [0.2, 0.25) is 0 Å². The molecule has 12 atom stereocenters. The monoisotopic (exact) mass is 1130 g/mol. The van der Waals surface area contributed by atoms with Crippen molar-refractivity contribution >= 4 is 5.91 Å². The Morgan fingerprint density at radius 2 is 0.875 bits per heavy atom. The predicted molar refractivity (Wildman–Crippen MR) is 323 cm³/mol. The molecule has 0 aromatic carbocycles. The van der Waals surface area contributed by atoms with Crippen molar-refractivity contribution in [3.63, 3.8) is 0 Å². The molecule has 2 heterocycles. The van der Waals surface area contributed by atoms with Crippen LogP contribution in [0.3, 0.4) is 0 Å². The Morgan fingerprint density at radius 1 is 0.463 bits per heavy atom. The Bertz CT molecular complexity index is 1710. The first kappa shape index (κ1) is 73.0. The lowest BCUT2D eigenvalue weighted by Crippen LogP contribution is -2.65. The summed E-state index contributed by atoms with van der Waals surface area (Å²) in [5.41, 5.74) is 0. The van der Waals surface area contributed by atoms with Crippen molar-refractivity contribution in [1.29, 1.82) is 0 Å². The van der Waals surface area contributed by atoms with Crippen molar-refractivity contribution in [3.8, 4) is 0 Å². The van der Waals surface area contributed by atoms with E-state index in [1.165, 1.54) is 109 Å². The number of ether oxygens (including phenoxy) is 4. The third-order valence-electron chi connectivity index (χ3n) is 14.7. The van der Waals surface area contributed by atoms with Gasteiger partial charge in [-0.2, -0.15) is 0 Å². The second-order valence-electron chi connectivity index (χ2n) is 21.8. The van der Waals surface area contributed by atoms with E-state index in [0.29, 0.717) is 12.8 Å². The summed E-state index contributed by atoms with van der Waals surface area (Å²) in [5.74, 6) is -0.257. The number of rotatable bonds is 49. The van der Waals surface area contributed by atoms with Crippen LogP contribution in [0.25, 0.3) is 0 Å². The maximum Gasteiger partial charge on any atom is 0.220 e. The second kappa shape index (κ2) is 50.4. The smallest absolute Gasteiger partial charge is 0.220 e. The fourth-order valence-corrected chi connectivity index (χ4v) is 9.70. The molecular formula is C66H113NO13. The third kappa shape index (κ3) is 35.1. The predicted octanol–water partition coefficient (Wildman–Crippen LogP) is 11.4. The Kier molecular flexibility index (Phi) is 46.0. The molecule has 0 aliphatic carbocycles. The summed E-state index contributed by atoms with van der Waals surface area (Å²) in [6.07, 6.45) is 53.2. The van der Waals surface area contributed by atoms with Crippen molar-refractivity contribution < 1.29 is 64.6 Å². The van der Waals surface area contributed by atoms with Crippen LogP contribution in [0.5, 0.6) is 0 Å². The molecular weight excluding hydrogens is 1010 g/mol. The van der Waals surface area contributed by atoms with Crippen LogP contribution in [0, 0.1) is 0 Å². The highest BCUT2D eigenvalue weighted by atomic mass is 16.7. The SMILES string of the molecule is CC/C=C\C/C=C\C/C=C\C/C=C\C/C=C\CCCCCCCCCCCCCCCCCCCC(=O)NC(COC1OC(CO)C(OC2OC(CO)C(O)C(O)C2O)C(O)C1O)C(O)/C=C/CC/C=C/CC/C=C/CCCCC. The van der Waals surface area contributed by atoms with Gasteiger partial charge in [-0.1, -0.05) is 220 Å². The summed E-state index contributed by atoms with van der Waals surface area (Å²) < 4.78 is 22.7. The van der Waals surface area contributed by atoms with Gasteiger partial charge in [0.2, 0.25) is 5.91 Å². The van der Waals surface area contributed by atoms with Crippen molar-refractivity contribution in [2.75, 3.05) is 19.8 Å². The lowest BCUT2D eigenvalue weighted by atomic mass is 9.97. The summed E-state index contributed by atoms with van der Waals surface area (Å²) in [6, 6.07) is -0.941. The fourth-order valence-electron chi connectivity index (χ4n) is 9.70. The Morgan fingerprint density at radius 3 is 1.38 bits per heavy atom. The molecule has 0 radical (unpaired) electrons. The zero-order valence-electron chi connectivity index (χ0n) is 49.5. The number of carbonyl (C=O) groups is 1. The van der Waals surface area contributed by atoms with Gasteiger partial charge < -0.3 is 65.1 Å². The van der Waals surface area contributed by atoms with Gasteiger partial charge in [-0.05, 0) is 89.9 Å². The van der Waals surface area contributed by atoms with Gasteiger partial charge in [0, 0.05) is 6.42 Å². The van der Waals surface area contributed by atoms with Gasteiger partial charge in [-0.3, -0.25) is 4.79 Å². The zero-order chi connectivity index (χ0) is 58.1. The largest absolute Gasteiger partial charge is 0.394 e. The van der Waals surface area contributed by atoms with Crippen LogP contribution in [-0.2, 0) is 23.7 Å². The van der Waals surface area contributed by atoms with E-state index in [2.05, 4.69) is 104 Å². The number of hydrogen-bond acceptors (Lipinski definition) is 13. The van der Waals surface area contributed by atoms with Crippen LogP contribution in [0.15, 0.2) is 97.2 Å². The average Bonchev–Trinajstić information content (AvgIpc) is 3.49. The van der Waals surface area contributed by atoms with Crippen molar-refractivity contribution in [2.45, 2.75) is 293 Å². The van der Waals surface area contributed by atoms with Crippen LogP contribution < -0.4 is 5.32 Å². The van der Waals surface area contributed by atoms with Crippen molar-refractivity contribution in [3.05, 3.63) is 97.2 Å². The van der Waals surface area contributed by atoms with Gasteiger partial charge in [0.05, 0.1) is 32.0 Å². The van der Waals surface area contributed by atoms with Gasteiger partial charge in [0.15, 0.2) is 12.6 Å². The maximum atomic E-state index is 13.3. The molecule has 0 saturated carbocycles. The highest BCUT2D eigenvalue weighted by Gasteiger charge is 2.51. The number of aliphatic hydroxyl groups is 8. The number of amides is 1. The molecule has 460 valence electrons. The van der Waals surface area contributed by atoms with E-state index in [9.17, 15) is 45.6 Å². The molecule has 2 aliphatic heterocycles. The van der Waals surface area contributed by atoms with Crippen molar-refractivity contribution in [1.82, 2.24) is 5.32 Å². The summed E-state index contributed by atoms with van der Waals surface area (Å²) in [5, 5.41) is 87.0. The van der Waals surface area contributed by atoms with Gasteiger partial charge in [-0.15, -0.1) is 0 Å². The summed E-state index contributed by atoms with van der Waals surface area (Å²) in [4.78, 5) is 13.3. The Balaban J connectivity index is 1.65. The lowest BCUT2D eigenvalue weighted by molar-refractivity contribution is -0.359. The topological polar surface area (TPSA) is 228 Å². The maximum absolute atomic E-state index is 13.3. The van der Waals surface area contributed by atoms with Gasteiger partial charge >= 0.3 is 0 Å². The van der Waals surface area contributed by atoms with Crippen LogP contribution in [0.4, 0.5) is 0 Å². The average molecular weight is 1130 g/mol. The molecule has 2 aliphatic rings. The highest BCUT2D eigenvalue weighted by Crippen LogP contribution is 2.30. The van der Waals surface area contributed by atoms with Crippen LogP contribution >= 0.6 is 0 Å². The standard InChI is InChI=1S/C66H113NO13/c1-3-5-7-9-11-13-15-17-18-19-20-21-22-23-24-25-26-27-28-29-30-31-32-33-34-35-36-38-40-42-44-46-48-50-58(71)67-54(55(70)49-47-45-43-41-39-37-16-14-12-10-8-6-4-2)53-77-65-63(76)61(74)64(57(52-69)79-65)80-66-62(75)60(73)59(72)56(51-68)78-66/h5,7,11-14,17-18,20-21,23-24,39,41,47,49,54-57,59-66,68-70,72-76H,3-4,6,8-10,15-16,19,22,25-38,40,42-46,48,50-53H2,1-2H3,(H,67,71)/b7-5-,13-11-,14-12+,18-17-,21-20-,24-23-,41-39+,49-47+. The zero-order valence-corrected chi connectivity index (χ0v) is 49.5. The van der Waals surface area contributed by atoms with E-state index >= 15 is 0 Å². The number of allylic oxidation sites excluding steroid dienone is 15. The van der Waals surface area contributed by atoms with Gasteiger partial charge in [0.25, 0.3) is 0 Å². The van der Waals surface area contributed by atoms with Crippen LogP contribution in [-0.4, -0.2) is 140 Å². The minimum Gasteiger partial charge on any atom is -0.394 e. The van der Waals surface area contributed by atoms with Gasteiger partial charge in [0.1, 0.15) is 48.8 Å². The molecule has 0 bridgehead atoms. The summed E-state index contributed by atoms with van der Waals surface area (Å²) in [7, 11) is 0. The first-order chi connectivity index (χ1) is 39.1. The first-order valence-electron chi connectivity index (χ1n) is 31.5. The lowest BCUT2D eigenvalue weighted by Gasteiger charge is -2.46. The summed E-state index contributed by atoms with van der Waals surface area (Å²) in [6.45, 7) is 2.61. The summed E-state index contributed by atoms with van der Waals surface area (Å²) >= 11 is 0. The second-order valence-corrected chi connectivity index (χ2v) is 21.8. The molecule has 2 rings (SSSR count). The molecule has 0 aromatic rings. The van der Waals surface area contributed by atoms with Crippen molar-refractivity contribution in [2.24, 2.45) is 0 Å². The number of carbonyl (C=O) groups excluding carboxylic acids is 1. The number of nitrogens with one attached hydrogen (secondary N) is 1. The highest BCUT2D eigenvalue weighted by molar-refractivity contribution is 5.76. The van der Waals surface area contributed by atoms with Crippen LogP contribution in [0.1, 0.15) is 219 Å². The third-order valence-corrected chi connectivity index (χ3v) is 14.7. The molecule has 12 unspecified atom stereocenters. The van der Waals surface area contributed by atoms with E-state index in [1.807, 2.05) is 6.08 Å². The molecule has 14 heteroatoms. The molecule has 80 heavy (non-hydrogen) atoms. The molecule has 2 fully saturated rings. The Hall–Kier alpha value is -3.09. The molecule has 14 nitrogen and oxygen atoms in total. The fraction of sp³-hybridized carbons (Fsp3) is 0.742. The number of hydrogen-bond donors (Lipinski definition) is 9. The molecule has 2 saturated heterocycles. The van der Waals surface area contributed by atoms with E-state index in [1.54, 1.807) is 6.08 Å². The van der Waals surface area contributed by atoms with E-state index < -0.39 is 86.8 Å². The van der Waals surface area contributed by atoms with E-state index in [-0.39, 0.29) is 18.9 Å². The quantitative estimate of drug-likeness (QED) is 0.0204. The molecule has 1 amide bonds. The molecule has 0 spiro atoms. The molecule has 9 N–H and O–H groups in total. The minimum atomic E-state index is -1.80. The number of unbranched alkanes of at least 4 members (excludes halogenated alkanes) is 22. The Labute approximate surface area is 483 Å². The normalized spacial score (nSPS) is 24.9. The molecule has 0 aromatic heterocycles.